The summed E-state index contributed by atoms with van der Waals surface area (Å²) >= 11 is 0. The molecule has 0 bridgehead atoms. The van der Waals surface area contributed by atoms with E-state index < -0.39 is 0 Å². The summed E-state index contributed by atoms with van der Waals surface area (Å²) in [6.07, 6.45) is 7.15. The number of ether oxygens (including phenoxy) is 1. The van der Waals surface area contributed by atoms with E-state index in [0.29, 0.717) is 12.5 Å². The quantitative estimate of drug-likeness (QED) is 0.495. The Morgan fingerprint density at radius 2 is 2.08 bits per heavy atom. The van der Waals surface area contributed by atoms with E-state index >= 15 is 0 Å². The summed E-state index contributed by atoms with van der Waals surface area (Å²) in [4.78, 5) is 11.2. The van der Waals surface area contributed by atoms with E-state index in [1.165, 1.54) is 25.7 Å². The lowest BCUT2D eigenvalue weighted by Gasteiger charge is -2.05. The van der Waals surface area contributed by atoms with Crippen molar-refractivity contribution >= 4 is 5.97 Å². The first-order valence-corrected chi connectivity index (χ1v) is 5.09. The van der Waals surface area contributed by atoms with E-state index in [1.807, 2.05) is 13.8 Å². The summed E-state index contributed by atoms with van der Waals surface area (Å²) < 4.78 is 4.91. The normalized spacial score (nSPS) is 19.1. The van der Waals surface area contributed by atoms with Gasteiger partial charge in [-0.1, -0.05) is 18.9 Å². The summed E-state index contributed by atoms with van der Waals surface area (Å²) in [5.41, 5.74) is 0.772. The predicted octanol–water partition coefficient (Wildman–Crippen LogP) is 2.69. The SMILES string of the molecule is CCOC(=O)C(C)=CC1CCCC1. The largest absolute Gasteiger partial charge is 0.463 e. The molecule has 0 unspecified atom stereocenters. The molecule has 1 aliphatic rings. The molecule has 74 valence electrons. The fraction of sp³-hybridized carbons (Fsp3) is 0.727. The van der Waals surface area contributed by atoms with Crippen LogP contribution in [0.4, 0.5) is 0 Å². The van der Waals surface area contributed by atoms with Crippen LogP contribution in [0.15, 0.2) is 11.6 Å². The van der Waals surface area contributed by atoms with Crippen molar-refractivity contribution in [1.29, 1.82) is 0 Å². The highest BCUT2D eigenvalue weighted by molar-refractivity contribution is 5.87. The smallest absolute Gasteiger partial charge is 0.333 e. The number of rotatable bonds is 3. The molecular weight excluding hydrogens is 164 g/mol. The average Bonchev–Trinajstić information content (AvgIpc) is 2.57. The lowest BCUT2D eigenvalue weighted by Crippen LogP contribution is -2.06. The lowest BCUT2D eigenvalue weighted by atomic mass is 10.1. The Hall–Kier alpha value is -0.790. The van der Waals surface area contributed by atoms with Crippen molar-refractivity contribution in [2.24, 2.45) is 5.92 Å². The molecule has 0 saturated heterocycles. The highest BCUT2D eigenvalue weighted by Gasteiger charge is 2.14. The molecule has 0 heterocycles. The summed E-state index contributed by atoms with van der Waals surface area (Å²) in [5, 5.41) is 0. The van der Waals surface area contributed by atoms with E-state index in [4.69, 9.17) is 4.74 Å². The van der Waals surface area contributed by atoms with E-state index in [1.54, 1.807) is 0 Å². The second kappa shape index (κ2) is 5.05. The number of allylic oxidation sites excluding steroid dienone is 1. The zero-order chi connectivity index (χ0) is 9.68. The minimum absolute atomic E-state index is 0.158. The Balaban J connectivity index is 2.44. The van der Waals surface area contributed by atoms with Gasteiger partial charge in [-0.2, -0.15) is 0 Å². The molecule has 0 radical (unpaired) electrons. The van der Waals surface area contributed by atoms with E-state index in [-0.39, 0.29) is 5.97 Å². The van der Waals surface area contributed by atoms with Crippen LogP contribution >= 0.6 is 0 Å². The van der Waals surface area contributed by atoms with Crippen LogP contribution in [0.3, 0.4) is 0 Å². The van der Waals surface area contributed by atoms with Crippen LogP contribution in [0.5, 0.6) is 0 Å². The first-order chi connectivity index (χ1) is 6.24. The second-order valence-corrected chi connectivity index (χ2v) is 3.61. The van der Waals surface area contributed by atoms with Gasteiger partial charge in [0.15, 0.2) is 0 Å². The molecular formula is C11H18O2. The summed E-state index contributed by atoms with van der Waals surface area (Å²) in [5.74, 6) is 0.457. The Morgan fingerprint density at radius 1 is 1.46 bits per heavy atom. The number of carbonyl (C=O) groups excluding carboxylic acids is 1. The highest BCUT2D eigenvalue weighted by atomic mass is 16.5. The second-order valence-electron chi connectivity index (χ2n) is 3.61. The molecule has 1 saturated carbocycles. The molecule has 0 aromatic carbocycles. The maximum atomic E-state index is 11.2. The third-order valence-electron chi connectivity index (χ3n) is 2.48. The van der Waals surface area contributed by atoms with E-state index in [2.05, 4.69) is 6.08 Å². The van der Waals surface area contributed by atoms with Gasteiger partial charge in [0.2, 0.25) is 0 Å². The third-order valence-corrected chi connectivity index (χ3v) is 2.48. The van der Waals surface area contributed by atoms with E-state index in [0.717, 1.165) is 5.57 Å². The van der Waals surface area contributed by atoms with Crippen LogP contribution < -0.4 is 0 Å². The number of carbonyl (C=O) groups is 1. The Labute approximate surface area is 80.0 Å². The third kappa shape index (κ3) is 3.21. The van der Waals surface area contributed by atoms with Crippen molar-refractivity contribution in [3.05, 3.63) is 11.6 Å². The average molecular weight is 182 g/mol. The highest BCUT2D eigenvalue weighted by Crippen LogP contribution is 2.26. The van der Waals surface area contributed by atoms with Gasteiger partial charge in [-0.25, -0.2) is 4.79 Å². The summed E-state index contributed by atoms with van der Waals surface area (Å²) in [6, 6.07) is 0. The Kier molecular flexibility index (Phi) is 4.00. The van der Waals surface area contributed by atoms with Gasteiger partial charge >= 0.3 is 5.97 Å². The van der Waals surface area contributed by atoms with Crippen LogP contribution in [0, 0.1) is 5.92 Å². The van der Waals surface area contributed by atoms with Gasteiger partial charge in [-0.05, 0) is 32.6 Å². The van der Waals surface area contributed by atoms with Crippen molar-refractivity contribution in [3.8, 4) is 0 Å². The van der Waals surface area contributed by atoms with E-state index in [9.17, 15) is 4.79 Å². The predicted molar refractivity (Wildman–Crippen MR) is 52.3 cm³/mol. The Bertz CT molecular complexity index is 200. The van der Waals surface area contributed by atoms with Crippen molar-refractivity contribution in [1.82, 2.24) is 0 Å². The molecule has 0 N–H and O–H groups in total. The fourth-order valence-corrected chi connectivity index (χ4v) is 1.79. The van der Waals surface area contributed by atoms with Crippen LogP contribution in [0.25, 0.3) is 0 Å². The molecule has 1 fully saturated rings. The van der Waals surface area contributed by atoms with Crippen LogP contribution in [-0.4, -0.2) is 12.6 Å². The van der Waals surface area contributed by atoms with Gasteiger partial charge in [-0.3, -0.25) is 0 Å². The monoisotopic (exact) mass is 182 g/mol. The van der Waals surface area contributed by atoms with Gasteiger partial charge in [-0.15, -0.1) is 0 Å². The van der Waals surface area contributed by atoms with Gasteiger partial charge in [0, 0.05) is 5.57 Å². The van der Waals surface area contributed by atoms with Crippen molar-refractivity contribution in [3.63, 3.8) is 0 Å². The van der Waals surface area contributed by atoms with Crippen LogP contribution in [-0.2, 0) is 9.53 Å². The fourth-order valence-electron chi connectivity index (χ4n) is 1.79. The number of hydrogen-bond acceptors (Lipinski definition) is 2. The topological polar surface area (TPSA) is 26.3 Å². The van der Waals surface area contributed by atoms with Crippen LogP contribution in [0.1, 0.15) is 39.5 Å². The van der Waals surface area contributed by atoms with Gasteiger partial charge in [0.1, 0.15) is 0 Å². The van der Waals surface area contributed by atoms with Crippen LogP contribution in [0.2, 0.25) is 0 Å². The minimum atomic E-state index is -0.158. The number of hydrogen-bond donors (Lipinski definition) is 0. The molecule has 1 rings (SSSR count). The van der Waals surface area contributed by atoms with Gasteiger partial charge in [0.05, 0.1) is 6.61 Å². The zero-order valence-corrected chi connectivity index (χ0v) is 8.51. The molecule has 2 heteroatoms. The number of esters is 1. The molecule has 0 atom stereocenters. The minimum Gasteiger partial charge on any atom is -0.463 e. The molecule has 0 aliphatic heterocycles. The zero-order valence-electron chi connectivity index (χ0n) is 8.51. The maximum absolute atomic E-state index is 11.2. The standard InChI is InChI=1S/C11H18O2/c1-3-13-11(12)9(2)8-10-6-4-5-7-10/h8,10H,3-7H2,1-2H3. The first-order valence-electron chi connectivity index (χ1n) is 5.09. The maximum Gasteiger partial charge on any atom is 0.333 e. The molecule has 0 spiro atoms. The summed E-state index contributed by atoms with van der Waals surface area (Å²) in [7, 11) is 0. The first kappa shape index (κ1) is 10.3. The summed E-state index contributed by atoms with van der Waals surface area (Å²) in [6.45, 7) is 4.14. The van der Waals surface area contributed by atoms with Crippen molar-refractivity contribution < 1.29 is 9.53 Å². The van der Waals surface area contributed by atoms with Gasteiger partial charge < -0.3 is 4.74 Å². The molecule has 0 amide bonds. The van der Waals surface area contributed by atoms with Gasteiger partial charge in [0.25, 0.3) is 0 Å². The lowest BCUT2D eigenvalue weighted by molar-refractivity contribution is -0.138. The molecule has 0 aromatic heterocycles. The molecule has 13 heavy (non-hydrogen) atoms. The molecule has 1 aliphatic carbocycles. The molecule has 2 nitrogen and oxygen atoms in total. The van der Waals surface area contributed by atoms with Crippen molar-refractivity contribution in [2.75, 3.05) is 6.61 Å². The molecule has 0 aromatic rings. The van der Waals surface area contributed by atoms with Crippen molar-refractivity contribution in [2.45, 2.75) is 39.5 Å². The Morgan fingerprint density at radius 3 is 2.62 bits per heavy atom.